The molecule has 0 saturated carbocycles. The standard InChI is InChI=1S/C12H13BrN2O/c1-9-2-3-10(6-12(9)13)7-14-8-11-4-5-16-15-11/h2-6,14H,7-8H2,1H3. The van der Waals surface area contributed by atoms with E-state index >= 15 is 0 Å². The van der Waals surface area contributed by atoms with Crippen molar-refractivity contribution >= 4 is 15.9 Å². The quantitative estimate of drug-likeness (QED) is 0.936. The largest absolute Gasteiger partial charge is 0.364 e. The van der Waals surface area contributed by atoms with E-state index in [1.54, 1.807) is 6.26 Å². The maximum Gasteiger partial charge on any atom is 0.124 e. The summed E-state index contributed by atoms with van der Waals surface area (Å²) in [5.74, 6) is 0. The van der Waals surface area contributed by atoms with Gasteiger partial charge in [-0.1, -0.05) is 33.2 Å². The number of rotatable bonds is 4. The van der Waals surface area contributed by atoms with Crippen LogP contribution in [0.15, 0.2) is 39.5 Å². The fraction of sp³-hybridized carbons (Fsp3) is 0.250. The molecule has 3 nitrogen and oxygen atoms in total. The molecule has 1 heterocycles. The average molecular weight is 281 g/mol. The minimum absolute atomic E-state index is 0.724. The van der Waals surface area contributed by atoms with Crippen molar-refractivity contribution in [2.24, 2.45) is 0 Å². The zero-order chi connectivity index (χ0) is 11.4. The van der Waals surface area contributed by atoms with E-state index in [0.29, 0.717) is 0 Å². The van der Waals surface area contributed by atoms with Crippen molar-refractivity contribution in [2.75, 3.05) is 0 Å². The minimum Gasteiger partial charge on any atom is -0.364 e. The molecule has 0 spiro atoms. The summed E-state index contributed by atoms with van der Waals surface area (Å²) in [6.45, 7) is 3.63. The SMILES string of the molecule is Cc1ccc(CNCc2ccon2)cc1Br. The first-order valence-electron chi connectivity index (χ1n) is 5.11. The van der Waals surface area contributed by atoms with E-state index in [1.807, 2.05) is 6.07 Å². The number of nitrogens with one attached hydrogen (secondary N) is 1. The van der Waals surface area contributed by atoms with E-state index in [9.17, 15) is 0 Å². The van der Waals surface area contributed by atoms with Gasteiger partial charge < -0.3 is 9.84 Å². The molecule has 0 aliphatic rings. The molecule has 0 amide bonds. The molecule has 0 atom stereocenters. The number of hydrogen-bond donors (Lipinski definition) is 1. The summed E-state index contributed by atoms with van der Waals surface area (Å²) in [6.07, 6.45) is 1.58. The number of nitrogens with zero attached hydrogens (tertiary/aromatic N) is 1. The normalized spacial score (nSPS) is 10.6. The topological polar surface area (TPSA) is 38.1 Å². The van der Waals surface area contributed by atoms with Crippen molar-refractivity contribution < 1.29 is 4.52 Å². The highest BCUT2D eigenvalue weighted by molar-refractivity contribution is 9.10. The monoisotopic (exact) mass is 280 g/mol. The molecule has 0 fully saturated rings. The Morgan fingerprint density at radius 3 is 2.88 bits per heavy atom. The van der Waals surface area contributed by atoms with E-state index in [-0.39, 0.29) is 0 Å². The summed E-state index contributed by atoms with van der Waals surface area (Å²) in [4.78, 5) is 0. The number of hydrogen-bond acceptors (Lipinski definition) is 3. The molecule has 0 aliphatic heterocycles. The lowest BCUT2D eigenvalue weighted by molar-refractivity contribution is 0.408. The maximum absolute atomic E-state index is 4.75. The van der Waals surface area contributed by atoms with Crippen molar-refractivity contribution in [1.29, 1.82) is 0 Å². The van der Waals surface area contributed by atoms with Gasteiger partial charge in [0.15, 0.2) is 0 Å². The van der Waals surface area contributed by atoms with E-state index in [0.717, 1.165) is 23.3 Å². The Balaban J connectivity index is 1.87. The zero-order valence-electron chi connectivity index (χ0n) is 9.03. The van der Waals surface area contributed by atoms with Crippen LogP contribution in [0.25, 0.3) is 0 Å². The van der Waals surface area contributed by atoms with Crippen LogP contribution in [0.1, 0.15) is 16.8 Å². The van der Waals surface area contributed by atoms with Crippen LogP contribution < -0.4 is 5.32 Å². The van der Waals surface area contributed by atoms with Crippen molar-refractivity contribution in [3.05, 3.63) is 51.8 Å². The predicted molar refractivity (Wildman–Crippen MR) is 65.9 cm³/mol. The van der Waals surface area contributed by atoms with Gasteiger partial charge in [0.05, 0.1) is 5.69 Å². The van der Waals surface area contributed by atoms with Gasteiger partial charge in [-0.2, -0.15) is 0 Å². The lowest BCUT2D eigenvalue weighted by atomic mass is 10.1. The summed E-state index contributed by atoms with van der Waals surface area (Å²) in [5, 5.41) is 7.14. The second-order valence-corrected chi connectivity index (χ2v) is 4.53. The average Bonchev–Trinajstić information content (AvgIpc) is 2.76. The fourth-order valence-corrected chi connectivity index (χ4v) is 1.84. The predicted octanol–water partition coefficient (Wildman–Crippen LogP) is 3.04. The van der Waals surface area contributed by atoms with Crippen molar-refractivity contribution in [2.45, 2.75) is 20.0 Å². The third-order valence-corrected chi connectivity index (χ3v) is 3.22. The highest BCUT2D eigenvalue weighted by atomic mass is 79.9. The summed E-state index contributed by atoms with van der Waals surface area (Å²) < 4.78 is 5.90. The Morgan fingerprint density at radius 1 is 1.31 bits per heavy atom. The van der Waals surface area contributed by atoms with Gasteiger partial charge in [-0.3, -0.25) is 0 Å². The molecule has 2 rings (SSSR count). The van der Waals surface area contributed by atoms with E-state index < -0.39 is 0 Å². The third kappa shape index (κ3) is 2.93. The molecule has 4 heteroatoms. The van der Waals surface area contributed by atoms with Crippen LogP contribution >= 0.6 is 15.9 Å². The van der Waals surface area contributed by atoms with Gasteiger partial charge in [-0.05, 0) is 24.1 Å². The molecule has 2 aromatic rings. The first-order chi connectivity index (χ1) is 7.75. The Kier molecular flexibility index (Phi) is 3.74. The molecule has 0 aliphatic carbocycles. The summed E-state index contributed by atoms with van der Waals surface area (Å²) >= 11 is 3.52. The lowest BCUT2D eigenvalue weighted by Gasteiger charge is -2.05. The van der Waals surface area contributed by atoms with Gasteiger partial charge in [0.2, 0.25) is 0 Å². The molecular weight excluding hydrogens is 268 g/mol. The molecule has 1 aromatic heterocycles. The number of aromatic nitrogens is 1. The van der Waals surface area contributed by atoms with Crippen LogP contribution in [-0.4, -0.2) is 5.16 Å². The molecule has 0 bridgehead atoms. The summed E-state index contributed by atoms with van der Waals surface area (Å²) in [6, 6.07) is 8.22. The Labute approximate surface area is 103 Å². The third-order valence-electron chi connectivity index (χ3n) is 2.36. The molecular formula is C12H13BrN2O. The fourth-order valence-electron chi connectivity index (χ4n) is 1.41. The Hall–Kier alpha value is -1.13. The van der Waals surface area contributed by atoms with Crippen LogP contribution in [0.2, 0.25) is 0 Å². The van der Waals surface area contributed by atoms with Crippen molar-refractivity contribution in [3.63, 3.8) is 0 Å². The number of aryl methyl sites for hydroxylation is 1. The smallest absolute Gasteiger partial charge is 0.124 e. The molecule has 1 N–H and O–H groups in total. The molecule has 0 radical (unpaired) electrons. The van der Waals surface area contributed by atoms with Crippen LogP contribution in [0.4, 0.5) is 0 Å². The minimum atomic E-state index is 0.724. The Morgan fingerprint density at radius 2 is 2.19 bits per heavy atom. The first-order valence-corrected chi connectivity index (χ1v) is 5.90. The van der Waals surface area contributed by atoms with E-state index in [4.69, 9.17) is 4.52 Å². The van der Waals surface area contributed by atoms with Gasteiger partial charge in [-0.15, -0.1) is 0 Å². The van der Waals surface area contributed by atoms with Gasteiger partial charge in [0.1, 0.15) is 6.26 Å². The number of benzene rings is 1. The van der Waals surface area contributed by atoms with E-state index in [2.05, 4.69) is 51.5 Å². The van der Waals surface area contributed by atoms with Crippen molar-refractivity contribution in [1.82, 2.24) is 10.5 Å². The second-order valence-electron chi connectivity index (χ2n) is 3.68. The zero-order valence-corrected chi connectivity index (χ0v) is 10.6. The van der Waals surface area contributed by atoms with Gasteiger partial charge in [0, 0.05) is 23.6 Å². The Bertz CT molecular complexity index is 454. The molecule has 84 valence electrons. The lowest BCUT2D eigenvalue weighted by Crippen LogP contribution is -2.12. The van der Waals surface area contributed by atoms with E-state index in [1.165, 1.54) is 11.1 Å². The molecule has 16 heavy (non-hydrogen) atoms. The van der Waals surface area contributed by atoms with Gasteiger partial charge >= 0.3 is 0 Å². The van der Waals surface area contributed by atoms with Crippen molar-refractivity contribution in [3.8, 4) is 0 Å². The molecule has 0 unspecified atom stereocenters. The summed E-state index contributed by atoms with van der Waals surface area (Å²) in [5.41, 5.74) is 3.42. The highest BCUT2D eigenvalue weighted by Crippen LogP contribution is 2.17. The first kappa shape index (κ1) is 11.4. The van der Waals surface area contributed by atoms with Crippen LogP contribution in [-0.2, 0) is 13.1 Å². The van der Waals surface area contributed by atoms with Gasteiger partial charge in [-0.25, -0.2) is 0 Å². The highest BCUT2D eigenvalue weighted by Gasteiger charge is 1.99. The molecule has 0 saturated heterocycles. The second kappa shape index (κ2) is 5.27. The summed E-state index contributed by atoms with van der Waals surface area (Å²) in [7, 11) is 0. The van der Waals surface area contributed by atoms with Crippen LogP contribution in [0.5, 0.6) is 0 Å². The molecule has 1 aromatic carbocycles. The van der Waals surface area contributed by atoms with Crippen LogP contribution in [0.3, 0.4) is 0 Å². The number of halogens is 1. The maximum atomic E-state index is 4.75. The van der Waals surface area contributed by atoms with Crippen LogP contribution in [0, 0.1) is 6.92 Å². The van der Waals surface area contributed by atoms with Gasteiger partial charge in [0.25, 0.3) is 0 Å².